The minimum atomic E-state index is -0.190. The van der Waals surface area contributed by atoms with Crippen LogP contribution in [0.4, 0.5) is 0 Å². The quantitative estimate of drug-likeness (QED) is 0.294. The highest BCUT2D eigenvalue weighted by molar-refractivity contribution is 5.85. The zero-order chi connectivity index (χ0) is 25.1. The summed E-state index contributed by atoms with van der Waals surface area (Å²) >= 11 is 0. The molecular formula is C31H50O3. The summed E-state index contributed by atoms with van der Waals surface area (Å²) in [7, 11) is 1.49. The van der Waals surface area contributed by atoms with Crippen LogP contribution in [0.5, 0.6) is 0 Å². The van der Waals surface area contributed by atoms with Gasteiger partial charge in [0.05, 0.1) is 13.0 Å². The molecule has 0 aromatic carbocycles. The molecule has 0 bridgehead atoms. The molecule has 0 radical (unpaired) electrons. The zero-order valence-electron chi connectivity index (χ0n) is 23.3. The topological polar surface area (TPSA) is 43.4 Å². The van der Waals surface area contributed by atoms with Crippen LogP contribution in [0, 0.1) is 51.2 Å². The number of hydrogen-bond donors (Lipinski definition) is 0. The van der Waals surface area contributed by atoms with Crippen molar-refractivity contribution >= 4 is 11.8 Å². The predicted molar refractivity (Wildman–Crippen MR) is 138 cm³/mol. The number of fused-ring (bicyclic) bond motifs is 5. The lowest BCUT2D eigenvalue weighted by atomic mass is 9.41. The van der Waals surface area contributed by atoms with Crippen molar-refractivity contribution in [3.05, 3.63) is 11.6 Å². The maximum Gasteiger partial charge on any atom is 0.308 e. The van der Waals surface area contributed by atoms with Gasteiger partial charge in [-0.25, -0.2) is 0 Å². The molecule has 0 aromatic heterocycles. The Bertz CT molecular complexity index is 855. The Hall–Kier alpha value is -1.12. The van der Waals surface area contributed by atoms with Crippen LogP contribution >= 0.6 is 0 Å². The Kier molecular flexibility index (Phi) is 6.69. The molecule has 4 aliphatic rings. The highest BCUT2D eigenvalue weighted by atomic mass is 16.5. The fourth-order valence-electron chi connectivity index (χ4n) is 9.73. The van der Waals surface area contributed by atoms with Gasteiger partial charge >= 0.3 is 5.97 Å². The Labute approximate surface area is 208 Å². The van der Waals surface area contributed by atoms with Crippen molar-refractivity contribution in [1.82, 2.24) is 0 Å². The van der Waals surface area contributed by atoms with E-state index < -0.39 is 0 Å². The van der Waals surface area contributed by atoms with E-state index in [4.69, 9.17) is 4.74 Å². The van der Waals surface area contributed by atoms with Crippen LogP contribution in [0.25, 0.3) is 0 Å². The van der Waals surface area contributed by atoms with Crippen LogP contribution in [0.2, 0.25) is 0 Å². The molecule has 3 saturated carbocycles. The van der Waals surface area contributed by atoms with Crippen LogP contribution in [-0.4, -0.2) is 18.9 Å². The SMILES string of the molecule is COC(=O)[C@H](C)CCC[C@@H](C)[C@@H]1CC[C@]2(C)C3=CC[C@H]4C(C)(C)C(=O)CC[C@]4(C)[C@H]3CC[C@@]12C. The molecule has 3 heteroatoms. The molecule has 4 aliphatic carbocycles. The molecule has 0 saturated heterocycles. The number of allylic oxidation sites excluding steroid dienone is 2. The first-order valence-electron chi connectivity index (χ1n) is 14.1. The van der Waals surface area contributed by atoms with Crippen molar-refractivity contribution in [3.8, 4) is 0 Å². The molecule has 3 fully saturated rings. The molecule has 0 amide bonds. The van der Waals surface area contributed by atoms with E-state index >= 15 is 0 Å². The number of esters is 1. The first-order chi connectivity index (χ1) is 15.8. The van der Waals surface area contributed by atoms with Gasteiger partial charge in [0.15, 0.2) is 0 Å². The number of Topliss-reactive ketones (excluding diaryl/α,β-unsaturated/α-hetero) is 1. The molecule has 0 heterocycles. The second kappa shape index (κ2) is 8.77. The maximum absolute atomic E-state index is 12.8. The summed E-state index contributed by atoms with van der Waals surface area (Å²) in [4.78, 5) is 24.6. The molecular weight excluding hydrogens is 420 g/mol. The van der Waals surface area contributed by atoms with Gasteiger partial charge in [-0.1, -0.05) is 73.0 Å². The van der Waals surface area contributed by atoms with Crippen LogP contribution in [0.15, 0.2) is 11.6 Å². The average Bonchev–Trinajstić information content (AvgIpc) is 3.07. The van der Waals surface area contributed by atoms with Crippen molar-refractivity contribution in [1.29, 1.82) is 0 Å². The Morgan fingerprint density at radius 1 is 1.06 bits per heavy atom. The number of carbonyl (C=O) groups is 2. The van der Waals surface area contributed by atoms with Crippen LogP contribution in [-0.2, 0) is 14.3 Å². The molecule has 0 aromatic rings. The molecule has 34 heavy (non-hydrogen) atoms. The number of carbonyl (C=O) groups excluding carboxylic acids is 2. The summed E-state index contributed by atoms with van der Waals surface area (Å²) in [5, 5.41) is 0. The van der Waals surface area contributed by atoms with Crippen LogP contribution in [0.1, 0.15) is 113 Å². The molecule has 0 N–H and O–H groups in total. The fourth-order valence-corrected chi connectivity index (χ4v) is 9.73. The summed E-state index contributed by atoms with van der Waals surface area (Å²) in [6, 6.07) is 0. The fraction of sp³-hybridized carbons (Fsp3) is 0.871. The van der Waals surface area contributed by atoms with Gasteiger partial charge in [0, 0.05) is 11.8 Å². The van der Waals surface area contributed by atoms with Crippen molar-refractivity contribution in [3.63, 3.8) is 0 Å². The number of methoxy groups -OCH3 is 1. The summed E-state index contributed by atoms with van der Waals surface area (Å²) < 4.78 is 4.92. The van der Waals surface area contributed by atoms with E-state index in [1.165, 1.54) is 39.2 Å². The van der Waals surface area contributed by atoms with Gasteiger partial charge in [0.25, 0.3) is 0 Å². The standard InChI is InChI=1S/C31H50O3/c1-20(10-9-11-21(2)27(33)34-8)22-14-18-31(7)24-12-13-25-28(3,4)26(32)16-17-29(25,5)23(24)15-19-30(22,31)6/h12,20-23,25H,9-11,13-19H2,1-8H3/t20-,21-,22+,23+,25+,29-,30+,31-/m1/s1. The highest BCUT2D eigenvalue weighted by Gasteiger charge is 2.65. The van der Waals surface area contributed by atoms with Gasteiger partial charge < -0.3 is 4.74 Å². The van der Waals surface area contributed by atoms with Crippen molar-refractivity contribution in [2.75, 3.05) is 7.11 Å². The van der Waals surface area contributed by atoms with Gasteiger partial charge in [-0.15, -0.1) is 0 Å². The molecule has 192 valence electrons. The normalized spacial score (nSPS) is 42.6. The minimum Gasteiger partial charge on any atom is -0.469 e. The predicted octanol–water partition coefficient (Wildman–Crippen LogP) is 7.78. The van der Waals surface area contributed by atoms with E-state index in [2.05, 4.69) is 47.6 Å². The second-order valence-corrected chi connectivity index (χ2v) is 13.9. The van der Waals surface area contributed by atoms with Crippen molar-refractivity contribution < 1.29 is 14.3 Å². The Morgan fingerprint density at radius 3 is 2.44 bits per heavy atom. The third-order valence-electron chi connectivity index (χ3n) is 12.2. The van der Waals surface area contributed by atoms with E-state index in [0.717, 1.165) is 38.0 Å². The van der Waals surface area contributed by atoms with E-state index in [9.17, 15) is 9.59 Å². The number of hydrogen-bond acceptors (Lipinski definition) is 3. The third-order valence-corrected chi connectivity index (χ3v) is 12.2. The number of rotatable bonds is 6. The molecule has 8 atom stereocenters. The summed E-state index contributed by atoms with van der Waals surface area (Å²) in [6.45, 7) is 16.6. The van der Waals surface area contributed by atoms with E-state index in [1.54, 1.807) is 5.57 Å². The second-order valence-electron chi connectivity index (χ2n) is 13.9. The zero-order valence-corrected chi connectivity index (χ0v) is 23.3. The lowest BCUT2D eigenvalue weighted by molar-refractivity contribution is -0.146. The van der Waals surface area contributed by atoms with Crippen LogP contribution in [0.3, 0.4) is 0 Å². The first kappa shape index (κ1) is 26.0. The van der Waals surface area contributed by atoms with E-state index in [0.29, 0.717) is 29.0 Å². The largest absolute Gasteiger partial charge is 0.469 e. The third kappa shape index (κ3) is 3.65. The van der Waals surface area contributed by atoms with Crippen molar-refractivity contribution in [2.45, 2.75) is 113 Å². The smallest absolute Gasteiger partial charge is 0.308 e. The molecule has 0 spiro atoms. The van der Waals surface area contributed by atoms with Gasteiger partial charge in [-0.2, -0.15) is 0 Å². The van der Waals surface area contributed by atoms with Gasteiger partial charge in [0.2, 0.25) is 0 Å². The van der Waals surface area contributed by atoms with Gasteiger partial charge in [0.1, 0.15) is 5.78 Å². The number of ketones is 1. The lowest BCUT2D eigenvalue weighted by Crippen LogP contribution is -2.57. The van der Waals surface area contributed by atoms with Crippen LogP contribution < -0.4 is 0 Å². The molecule has 0 aliphatic heterocycles. The monoisotopic (exact) mass is 470 g/mol. The van der Waals surface area contributed by atoms with Gasteiger partial charge in [-0.05, 0) is 84.9 Å². The van der Waals surface area contributed by atoms with Gasteiger partial charge in [-0.3, -0.25) is 9.59 Å². The molecule has 4 rings (SSSR count). The number of ether oxygens (including phenoxy) is 1. The summed E-state index contributed by atoms with van der Waals surface area (Å²) in [6.07, 6.45) is 14.0. The molecule has 0 unspecified atom stereocenters. The maximum atomic E-state index is 12.8. The highest BCUT2D eigenvalue weighted by Crippen LogP contribution is 2.73. The first-order valence-corrected chi connectivity index (χ1v) is 14.1. The lowest BCUT2D eigenvalue weighted by Gasteiger charge is -2.63. The minimum absolute atomic E-state index is 0.00442. The molecule has 3 nitrogen and oxygen atoms in total. The summed E-state index contributed by atoms with van der Waals surface area (Å²) in [5.74, 6) is 2.98. The Balaban J connectivity index is 1.53. The van der Waals surface area contributed by atoms with E-state index in [1.807, 2.05) is 6.92 Å². The average molecular weight is 471 g/mol. The van der Waals surface area contributed by atoms with Crippen molar-refractivity contribution in [2.24, 2.45) is 51.2 Å². The summed E-state index contributed by atoms with van der Waals surface area (Å²) in [5.41, 5.74) is 2.48. The Morgan fingerprint density at radius 2 is 1.76 bits per heavy atom. The van der Waals surface area contributed by atoms with E-state index in [-0.39, 0.29) is 28.1 Å².